The summed E-state index contributed by atoms with van der Waals surface area (Å²) in [6.45, 7) is 2.21. The number of non-ortho nitro benzene ring substituents is 1. The van der Waals surface area contributed by atoms with Crippen LogP contribution in [0.4, 0.5) is 15.8 Å². The van der Waals surface area contributed by atoms with E-state index in [1.54, 1.807) is 18.2 Å². The van der Waals surface area contributed by atoms with Crippen LogP contribution in [0.15, 0.2) is 66.7 Å². The first-order valence-electron chi connectivity index (χ1n) is 9.36. The average molecular weight is 466 g/mol. The van der Waals surface area contributed by atoms with Gasteiger partial charge in [0.05, 0.1) is 15.6 Å². The molecule has 9 heteroatoms. The second-order valence-electron chi connectivity index (χ2n) is 6.55. The third-order valence-corrected chi connectivity index (χ3v) is 4.69. The first-order valence-corrected chi connectivity index (χ1v) is 9.74. The zero-order valence-corrected chi connectivity index (χ0v) is 18.1. The van der Waals surface area contributed by atoms with Gasteiger partial charge in [-0.3, -0.25) is 10.1 Å². The molecule has 0 aliphatic carbocycles. The maximum Gasteiger partial charge on any atom is 0.271 e. The summed E-state index contributed by atoms with van der Waals surface area (Å²) in [5.74, 6) is 0.493. The van der Waals surface area contributed by atoms with Gasteiger partial charge in [0.1, 0.15) is 18.2 Å². The first-order chi connectivity index (χ1) is 14.5. The highest BCUT2D eigenvalue weighted by Gasteiger charge is 2.09. The van der Waals surface area contributed by atoms with Crippen molar-refractivity contribution in [3.63, 3.8) is 0 Å². The second-order valence-corrected chi connectivity index (χ2v) is 6.95. The van der Waals surface area contributed by atoms with E-state index in [9.17, 15) is 14.5 Å². The molecule has 0 heterocycles. The summed E-state index contributed by atoms with van der Waals surface area (Å²) in [5, 5.41) is 17.5. The minimum Gasteiger partial charge on any atom is -0.489 e. The predicted molar refractivity (Wildman–Crippen MR) is 123 cm³/mol. The molecule has 2 N–H and O–H groups in total. The zero-order chi connectivity index (χ0) is 21.3. The molecule has 0 aliphatic heterocycles. The lowest BCUT2D eigenvalue weighted by atomic mass is 10.2. The lowest BCUT2D eigenvalue weighted by Gasteiger charge is -2.13. The molecule has 0 radical (unpaired) electrons. The van der Waals surface area contributed by atoms with Gasteiger partial charge in [-0.2, -0.15) is 0 Å². The Labute approximate surface area is 190 Å². The molecular weight excluding hydrogens is 444 g/mol. The number of rotatable bonds is 10. The number of ether oxygens (including phenoxy) is 1. The van der Waals surface area contributed by atoms with Crippen LogP contribution in [0.2, 0.25) is 5.02 Å². The molecule has 0 amide bonds. The Bertz CT molecular complexity index is 1000. The van der Waals surface area contributed by atoms with Crippen LogP contribution < -0.4 is 15.4 Å². The standard InChI is InChI=1S/C22H21ClFN3O3.ClH/c23-20-13-19(27(28)29)9-10-21(20)26-12-11-25-14-17-3-1-2-4-22(17)30-15-16-5-7-18(24)8-6-16;/h1-10,13,25-26H,11-12,14-15H2;1H. The molecule has 3 aromatic carbocycles. The summed E-state index contributed by atoms with van der Waals surface area (Å²) in [6.07, 6.45) is 0. The summed E-state index contributed by atoms with van der Waals surface area (Å²) in [4.78, 5) is 10.3. The maximum absolute atomic E-state index is 13.0. The number of nitro benzene ring substituents is 1. The fourth-order valence-corrected chi connectivity index (χ4v) is 3.04. The monoisotopic (exact) mass is 465 g/mol. The van der Waals surface area contributed by atoms with Crippen LogP contribution in [-0.4, -0.2) is 18.0 Å². The Morgan fingerprint density at radius 1 is 1.03 bits per heavy atom. The Balaban J connectivity index is 0.00000341. The van der Waals surface area contributed by atoms with Gasteiger partial charge in [0.15, 0.2) is 0 Å². The van der Waals surface area contributed by atoms with E-state index in [4.69, 9.17) is 16.3 Å². The van der Waals surface area contributed by atoms with Crippen LogP contribution in [0.25, 0.3) is 0 Å². The molecule has 0 saturated heterocycles. The minimum absolute atomic E-state index is 0. The third-order valence-electron chi connectivity index (χ3n) is 4.38. The van der Waals surface area contributed by atoms with Crippen molar-refractivity contribution < 1.29 is 14.1 Å². The van der Waals surface area contributed by atoms with E-state index in [1.807, 2.05) is 24.3 Å². The smallest absolute Gasteiger partial charge is 0.271 e. The number of nitrogens with one attached hydrogen (secondary N) is 2. The summed E-state index contributed by atoms with van der Waals surface area (Å²) >= 11 is 6.07. The molecular formula is C22H22Cl2FN3O3. The number of halogens is 3. The molecule has 31 heavy (non-hydrogen) atoms. The van der Waals surface area contributed by atoms with Crippen LogP contribution >= 0.6 is 24.0 Å². The van der Waals surface area contributed by atoms with Crippen molar-refractivity contribution in [2.75, 3.05) is 18.4 Å². The van der Waals surface area contributed by atoms with E-state index in [2.05, 4.69) is 10.6 Å². The van der Waals surface area contributed by atoms with Gasteiger partial charge in [-0.05, 0) is 29.8 Å². The predicted octanol–water partition coefficient (Wildman–Crippen LogP) is 5.59. The lowest BCUT2D eigenvalue weighted by Crippen LogP contribution is -2.22. The largest absolute Gasteiger partial charge is 0.489 e. The minimum atomic E-state index is -0.479. The van der Waals surface area contributed by atoms with Gasteiger partial charge in [0.25, 0.3) is 5.69 Å². The van der Waals surface area contributed by atoms with E-state index >= 15 is 0 Å². The van der Waals surface area contributed by atoms with E-state index in [1.165, 1.54) is 24.3 Å². The lowest BCUT2D eigenvalue weighted by molar-refractivity contribution is -0.384. The van der Waals surface area contributed by atoms with Crippen LogP contribution in [0.1, 0.15) is 11.1 Å². The van der Waals surface area contributed by atoms with Crippen molar-refractivity contribution >= 4 is 35.4 Å². The number of hydrogen-bond acceptors (Lipinski definition) is 5. The van der Waals surface area contributed by atoms with E-state index in [-0.39, 0.29) is 23.9 Å². The molecule has 0 saturated carbocycles. The number of para-hydroxylation sites is 1. The molecule has 6 nitrogen and oxygen atoms in total. The zero-order valence-electron chi connectivity index (χ0n) is 16.5. The Morgan fingerprint density at radius 2 is 1.77 bits per heavy atom. The highest BCUT2D eigenvalue weighted by Crippen LogP contribution is 2.26. The quantitative estimate of drug-likeness (QED) is 0.232. The maximum atomic E-state index is 13.0. The van der Waals surface area contributed by atoms with E-state index < -0.39 is 4.92 Å². The summed E-state index contributed by atoms with van der Waals surface area (Å²) in [5.41, 5.74) is 2.50. The highest BCUT2D eigenvalue weighted by molar-refractivity contribution is 6.33. The highest BCUT2D eigenvalue weighted by atomic mass is 35.5. The number of nitrogens with zero attached hydrogens (tertiary/aromatic N) is 1. The number of benzene rings is 3. The fourth-order valence-electron chi connectivity index (χ4n) is 2.80. The number of nitro groups is 1. The van der Waals surface area contributed by atoms with Gasteiger partial charge in [0.2, 0.25) is 0 Å². The average Bonchev–Trinajstić information content (AvgIpc) is 2.74. The van der Waals surface area contributed by atoms with Gasteiger partial charge in [0, 0.05) is 37.3 Å². The van der Waals surface area contributed by atoms with Crippen molar-refractivity contribution in [3.05, 3.63) is 98.8 Å². The van der Waals surface area contributed by atoms with Crippen molar-refractivity contribution in [1.29, 1.82) is 0 Å². The van der Waals surface area contributed by atoms with Gasteiger partial charge in [-0.15, -0.1) is 12.4 Å². The van der Waals surface area contributed by atoms with Crippen LogP contribution in [-0.2, 0) is 13.2 Å². The molecule has 3 aromatic rings. The molecule has 0 unspecified atom stereocenters. The van der Waals surface area contributed by atoms with Gasteiger partial charge < -0.3 is 15.4 Å². The van der Waals surface area contributed by atoms with Gasteiger partial charge >= 0.3 is 0 Å². The molecule has 0 atom stereocenters. The van der Waals surface area contributed by atoms with Crippen LogP contribution in [0.5, 0.6) is 5.75 Å². The molecule has 3 rings (SSSR count). The number of hydrogen-bond donors (Lipinski definition) is 2. The second kappa shape index (κ2) is 12.1. The van der Waals surface area contributed by atoms with Gasteiger partial charge in [-0.1, -0.05) is 41.9 Å². The van der Waals surface area contributed by atoms with Crippen LogP contribution in [0, 0.1) is 15.9 Å². The Kier molecular flexibility index (Phi) is 9.52. The first kappa shape index (κ1) is 24.4. The fraction of sp³-hybridized carbons (Fsp3) is 0.182. The normalized spacial score (nSPS) is 10.3. The SMILES string of the molecule is Cl.O=[N+]([O-])c1ccc(NCCNCc2ccccc2OCc2ccc(F)cc2)c(Cl)c1. The third kappa shape index (κ3) is 7.40. The van der Waals surface area contributed by atoms with E-state index in [0.29, 0.717) is 37.0 Å². The summed E-state index contributed by atoms with van der Waals surface area (Å²) in [6, 6.07) is 18.3. The van der Waals surface area contributed by atoms with Crippen molar-refractivity contribution in [1.82, 2.24) is 5.32 Å². The summed E-state index contributed by atoms with van der Waals surface area (Å²) < 4.78 is 18.9. The van der Waals surface area contributed by atoms with Crippen molar-refractivity contribution in [2.24, 2.45) is 0 Å². The molecule has 0 spiro atoms. The van der Waals surface area contributed by atoms with E-state index in [0.717, 1.165) is 16.9 Å². The molecule has 0 aromatic heterocycles. The van der Waals surface area contributed by atoms with Crippen molar-refractivity contribution in [2.45, 2.75) is 13.2 Å². The van der Waals surface area contributed by atoms with Crippen LogP contribution in [0.3, 0.4) is 0 Å². The molecule has 0 fully saturated rings. The van der Waals surface area contributed by atoms with Gasteiger partial charge in [-0.25, -0.2) is 4.39 Å². The topological polar surface area (TPSA) is 76.4 Å². The number of anilines is 1. The molecule has 0 aliphatic rings. The Hall–Kier alpha value is -2.87. The molecule has 0 bridgehead atoms. The van der Waals surface area contributed by atoms with Crippen molar-refractivity contribution in [3.8, 4) is 5.75 Å². The summed E-state index contributed by atoms with van der Waals surface area (Å²) in [7, 11) is 0. The molecule has 164 valence electrons. The Morgan fingerprint density at radius 3 is 2.48 bits per heavy atom.